The summed E-state index contributed by atoms with van der Waals surface area (Å²) >= 11 is 1.79. The largest absolute Gasteiger partial charge is 0.313 e. The van der Waals surface area contributed by atoms with Gasteiger partial charge in [0.25, 0.3) is 0 Å². The van der Waals surface area contributed by atoms with E-state index in [9.17, 15) is 0 Å². The first kappa shape index (κ1) is 11.0. The van der Waals surface area contributed by atoms with Crippen LogP contribution in [0.25, 0.3) is 0 Å². The maximum atomic E-state index is 3.49. The van der Waals surface area contributed by atoms with Crippen molar-refractivity contribution in [2.45, 2.75) is 18.9 Å². The van der Waals surface area contributed by atoms with Gasteiger partial charge in [-0.2, -0.15) is 11.3 Å². The molecule has 1 aromatic heterocycles. The third-order valence-corrected chi connectivity index (χ3v) is 4.47. The zero-order chi connectivity index (χ0) is 11.7. The Morgan fingerprint density at radius 2 is 1.88 bits per heavy atom. The highest BCUT2D eigenvalue weighted by molar-refractivity contribution is 7.07. The van der Waals surface area contributed by atoms with Gasteiger partial charge >= 0.3 is 0 Å². The van der Waals surface area contributed by atoms with Crippen molar-refractivity contribution >= 4 is 11.3 Å². The molecule has 1 nitrogen and oxygen atoms in total. The monoisotopic (exact) mass is 243 g/mol. The van der Waals surface area contributed by atoms with Gasteiger partial charge < -0.3 is 5.32 Å². The van der Waals surface area contributed by atoms with E-state index in [1.54, 1.807) is 11.3 Å². The Morgan fingerprint density at radius 3 is 2.41 bits per heavy atom. The van der Waals surface area contributed by atoms with Gasteiger partial charge in [0.05, 0.1) is 0 Å². The fourth-order valence-electron chi connectivity index (χ4n) is 2.96. The molecule has 0 aliphatic heterocycles. The minimum atomic E-state index is 0.494. The molecule has 1 aromatic carbocycles. The van der Waals surface area contributed by atoms with Crippen LogP contribution in [0.1, 0.15) is 22.7 Å². The first-order valence-electron chi connectivity index (χ1n) is 6.14. The van der Waals surface area contributed by atoms with Crippen molar-refractivity contribution in [3.8, 4) is 0 Å². The van der Waals surface area contributed by atoms with Gasteiger partial charge in [-0.1, -0.05) is 24.3 Å². The molecule has 88 valence electrons. The van der Waals surface area contributed by atoms with E-state index >= 15 is 0 Å². The molecule has 0 saturated carbocycles. The summed E-state index contributed by atoms with van der Waals surface area (Å²) in [5, 5.41) is 7.92. The molecule has 0 radical (unpaired) electrons. The normalized spacial score (nSPS) is 17.0. The second-order valence-electron chi connectivity index (χ2n) is 4.76. The molecule has 1 N–H and O–H groups in total. The maximum absolute atomic E-state index is 3.49. The lowest BCUT2D eigenvalue weighted by molar-refractivity contribution is 0.398. The van der Waals surface area contributed by atoms with Crippen LogP contribution in [-0.2, 0) is 12.8 Å². The van der Waals surface area contributed by atoms with Crippen LogP contribution in [0.15, 0.2) is 41.1 Å². The van der Waals surface area contributed by atoms with E-state index in [1.807, 2.05) is 0 Å². The van der Waals surface area contributed by atoms with Gasteiger partial charge in [-0.05, 0) is 59.3 Å². The molecular formula is C15H17NS. The molecule has 17 heavy (non-hydrogen) atoms. The zero-order valence-electron chi connectivity index (χ0n) is 10.0. The summed E-state index contributed by atoms with van der Waals surface area (Å²) in [6, 6.07) is 11.6. The van der Waals surface area contributed by atoms with Gasteiger partial charge in [-0.25, -0.2) is 0 Å². The topological polar surface area (TPSA) is 12.0 Å². The zero-order valence-corrected chi connectivity index (χ0v) is 10.8. The Bertz CT molecular complexity index is 464. The van der Waals surface area contributed by atoms with Crippen LogP contribution in [0.5, 0.6) is 0 Å². The third-order valence-electron chi connectivity index (χ3n) is 3.77. The van der Waals surface area contributed by atoms with Crippen LogP contribution in [0, 0.1) is 5.92 Å². The standard InChI is InChI=1S/C15H17NS/c1-16-15(13-6-7-17-10-13)14-8-11-4-2-3-5-12(11)9-14/h2-7,10,14-16H,8-9H2,1H3. The molecule has 2 heteroatoms. The Morgan fingerprint density at radius 1 is 1.18 bits per heavy atom. The van der Waals surface area contributed by atoms with Crippen LogP contribution in [0.3, 0.4) is 0 Å². The number of rotatable bonds is 3. The van der Waals surface area contributed by atoms with E-state index in [0.29, 0.717) is 12.0 Å². The Labute approximate surface area is 106 Å². The van der Waals surface area contributed by atoms with Crippen LogP contribution in [0.2, 0.25) is 0 Å². The first-order chi connectivity index (χ1) is 8.38. The minimum Gasteiger partial charge on any atom is -0.313 e. The summed E-state index contributed by atoms with van der Waals surface area (Å²) in [7, 11) is 2.07. The van der Waals surface area contributed by atoms with Crippen LogP contribution in [-0.4, -0.2) is 7.05 Å². The molecule has 1 aliphatic rings. The summed E-state index contributed by atoms with van der Waals surface area (Å²) in [5.74, 6) is 0.701. The predicted octanol–water partition coefficient (Wildman–Crippen LogP) is 3.42. The number of hydrogen-bond acceptors (Lipinski definition) is 2. The molecule has 0 saturated heterocycles. The Kier molecular flexibility index (Phi) is 3.00. The Hall–Kier alpha value is -1.12. The van der Waals surface area contributed by atoms with Gasteiger partial charge in [0.1, 0.15) is 0 Å². The number of nitrogens with one attached hydrogen (secondary N) is 1. The van der Waals surface area contributed by atoms with E-state index in [-0.39, 0.29) is 0 Å². The summed E-state index contributed by atoms with van der Waals surface area (Å²) < 4.78 is 0. The summed E-state index contributed by atoms with van der Waals surface area (Å²) in [6.07, 6.45) is 2.41. The second kappa shape index (κ2) is 4.63. The van der Waals surface area contributed by atoms with Gasteiger partial charge in [-0.15, -0.1) is 0 Å². The smallest absolute Gasteiger partial charge is 0.0360 e. The van der Waals surface area contributed by atoms with Crippen molar-refractivity contribution in [1.29, 1.82) is 0 Å². The van der Waals surface area contributed by atoms with Crippen LogP contribution < -0.4 is 5.32 Å². The van der Waals surface area contributed by atoms with Crippen LogP contribution in [0.4, 0.5) is 0 Å². The average Bonchev–Trinajstić information content (AvgIpc) is 2.98. The summed E-state index contributed by atoms with van der Waals surface area (Å²) in [6.45, 7) is 0. The van der Waals surface area contributed by atoms with Gasteiger partial charge in [0.15, 0.2) is 0 Å². The number of thiophene rings is 1. The lowest BCUT2D eigenvalue weighted by atomic mass is 9.92. The van der Waals surface area contributed by atoms with E-state index in [1.165, 1.54) is 29.5 Å². The van der Waals surface area contributed by atoms with Crippen molar-refractivity contribution in [1.82, 2.24) is 5.32 Å². The van der Waals surface area contributed by atoms with Crippen molar-refractivity contribution in [3.63, 3.8) is 0 Å². The van der Waals surface area contributed by atoms with E-state index in [2.05, 4.69) is 53.5 Å². The van der Waals surface area contributed by atoms with Crippen LogP contribution >= 0.6 is 11.3 Å². The predicted molar refractivity (Wildman–Crippen MR) is 73.5 cm³/mol. The second-order valence-corrected chi connectivity index (χ2v) is 5.54. The molecule has 1 heterocycles. The van der Waals surface area contributed by atoms with E-state index in [0.717, 1.165) is 0 Å². The lowest BCUT2D eigenvalue weighted by Crippen LogP contribution is -2.25. The quantitative estimate of drug-likeness (QED) is 0.871. The first-order valence-corrected chi connectivity index (χ1v) is 7.09. The fourth-order valence-corrected chi connectivity index (χ4v) is 3.65. The molecule has 1 atom stereocenters. The maximum Gasteiger partial charge on any atom is 0.0360 e. The van der Waals surface area contributed by atoms with Gasteiger partial charge in [0, 0.05) is 6.04 Å². The Balaban J connectivity index is 1.83. The molecule has 0 spiro atoms. The summed E-state index contributed by atoms with van der Waals surface area (Å²) in [5.41, 5.74) is 4.51. The molecule has 0 amide bonds. The highest BCUT2D eigenvalue weighted by atomic mass is 32.1. The molecule has 3 rings (SSSR count). The summed E-state index contributed by atoms with van der Waals surface area (Å²) in [4.78, 5) is 0. The number of fused-ring (bicyclic) bond motifs is 1. The van der Waals surface area contributed by atoms with Crippen molar-refractivity contribution < 1.29 is 0 Å². The lowest BCUT2D eigenvalue weighted by Gasteiger charge is -2.22. The minimum absolute atomic E-state index is 0.494. The fraction of sp³-hybridized carbons (Fsp3) is 0.333. The molecule has 1 unspecified atom stereocenters. The molecule has 0 fully saturated rings. The van der Waals surface area contributed by atoms with Gasteiger partial charge in [-0.3, -0.25) is 0 Å². The molecule has 2 aromatic rings. The highest BCUT2D eigenvalue weighted by Gasteiger charge is 2.28. The van der Waals surface area contributed by atoms with Crippen molar-refractivity contribution in [2.75, 3.05) is 7.05 Å². The van der Waals surface area contributed by atoms with Gasteiger partial charge in [0.2, 0.25) is 0 Å². The molecular weight excluding hydrogens is 226 g/mol. The van der Waals surface area contributed by atoms with Crippen molar-refractivity contribution in [3.05, 3.63) is 57.8 Å². The highest BCUT2D eigenvalue weighted by Crippen LogP contribution is 2.35. The van der Waals surface area contributed by atoms with Crippen molar-refractivity contribution in [2.24, 2.45) is 5.92 Å². The van der Waals surface area contributed by atoms with E-state index < -0.39 is 0 Å². The SMILES string of the molecule is CNC(c1ccsc1)C1Cc2ccccc2C1. The number of benzene rings is 1. The third kappa shape index (κ3) is 2.03. The average molecular weight is 243 g/mol. The van der Waals surface area contributed by atoms with E-state index in [4.69, 9.17) is 0 Å². The number of hydrogen-bond donors (Lipinski definition) is 1. The molecule has 1 aliphatic carbocycles. The molecule has 0 bridgehead atoms.